The van der Waals surface area contributed by atoms with Gasteiger partial charge in [-0.05, 0) is 49.4 Å². The minimum absolute atomic E-state index is 0.0770. The molecule has 2 amide bonds. The number of nitrogens with zero attached hydrogens (tertiary/aromatic N) is 2. The van der Waals surface area contributed by atoms with Crippen LogP contribution in [0.1, 0.15) is 34.4 Å². The number of hydrazone groups is 1. The van der Waals surface area contributed by atoms with E-state index in [9.17, 15) is 19.6 Å². The van der Waals surface area contributed by atoms with Crippen molar-refractivity contribution in [2.45, 2.75) is 25.7 Å². The van der Waals surface area contributed by atoms with E-state index in [0.29, 0.717) is 21.2 Å². The van der Waals surface area contributed by atoms with E-state index in [4.69, 9.17) is 16.0 Å². The lowest BCUT2D eigenvalue weighted by Gasteiger charge is -2.09. The van der Waals surface area contributed by atoms with Gasteiger partial charge in [-0.1, -0.05) is 11.6 Å². The number of halogens is 1. The number of fused-ring (bicyclic) bond motifs is 2. The van der Waals surface area contributed by atoms with Gasteiger partial charge in [0.15, 0.2) is 0 Å². The molecule has 0 atom stereocenters. The molecule has 31 heavy (non-hydrogen) atoms. The molecule has 2 aromatic heterocycles. The molecule has 0 saturated carbocycles. The van der Waals surface area contributed by atoms with Gasteiger partial charge in [-0.2, -0.15) is 10.4 Å². The van der Waals surface area contributed by atoms with E-state index in [1.165, 1.54) is 23.7 Å². The van der Waals surface area contributed by atoms with Crippen LogP contribution in [0.15, 0.2) is 38.8 Å². The maximum Gasteiger partial charge on any atom is 0.329 e. The van der Waals surface area contributed by atoms with Crippen molar-refractivity contribution in [3.8, 4) is 6.07 Å². The molecule has 4 rings (SSSR count). The quantitative estimate of drug-likeness (QED) is 0.356. The van der Waals surface area contributed by atoms with Gasteiger partial charge in [-0.25, -0.2) is 5.43 Å². The van der Waals surface area contributed by atoms with Crippen LogP contribution in [0.2, 0.25) is 5.02 Å². The van der Waals surface area contributed by atoms with E-state index in [0.717, 1.165) is 42.3 Å². The second-order valence-electron chi connectivity index (χ2n) is 6.84. The van der Waals surface area contributed by atoms with Crippen molar-refractivity contribution in [3.63, 3.8) is 0 Å². The Bertz CT molecular complexity index is 1340. The zero-order valence-corrected chi connectivity index (χ0v) is 17.6. The Morgan fingerprint density at radius 1 is 1.26 bits per heavy atom. The molecule has 3 aromatic rings. The first kappa shape index (κ1) is 20.8. The number of amides is 2. The molecule has 2 N–H and O–H groups in total. The molecule has 0 bridgehead atoms. The maximum atomic E-state index is 12.5. The van der Waals surface area contributed by atoms with Crippen LogP contribution in [0.5, 0.6) is 0 Å². The van der Waals surface area contributed by atoms with Gasteiger partial charge in [0, 0.05) is 9.90 Å². The Labute approximate surface area is 185 Å². The summed E-state index contributed by atoms with van der Waals surface area (Å²) in [4.78, 5) is 37.8. The van der Waals surface area contributed by atoms with Gasteiger partial charge in [0.2, 0.25) is 5.43 Å². The SMILES string of the molecule is N#Cc1c(NC(=O)C(=O)N/N=C/c2coc3ccc(Cl)cc3c2=O)sc2c1CCCC2. The molecule has 8 nitrogen and oxygen atoms in total. The molecule has 0 radical (unpaired) electrons. The third kappa shape index (κ3) is 4.21. The first-order valence-electron chi connectivity index (χ1n) is 9.38. The van der Waals surface area contributed by atoms with E-state index in [1.807, 2.05) is 0 Å². The smallest absolute Gasteiger partial charge is 0.329 e. The van der Waals surface area contributed by atoms with Gasteiger partial charge in [-0.15, -0.1) is 11.3 Å². The van der Waals surface area contributed by atoms with Gasteiger partial charge in [0.1, 0.15) is 22.9 Å². The summed E-state index contributed by atoms with van der Waals surface area (Å²) >= 11 is 7.23. The minimum atomic E-state index is -1.03. The summed E-state index contributed by atoms with van der Waals surface area (Å²) in [5.41, 5.74) is 3.50. The van der Waals surface area contributed by atoms with Crippen LogP contribution >= 0.6 is 22.9 Å². The molecule has 1 aromatic carbocycles. The number of nitrogens with one attached hydrogen (secondary N) is 2. The number of carbonyl (C=O) groups excluding carboxylic acids is 2. The van der Waals surface area contributed by atoms with Crippen LogP contribution in [0.4, 0.5) is 5.00 Å². The first-order valence-corrected chi connectivity index (χ1v) is 10.6. The van der Waals surface area contributed by atoms with Gasteiger partial charge >= 0.3 is 11.8 Å². The molecule has 10 heteroatoms. The highest BCUT2D eigenvalue weighted by Gasteiger charge is 2.23. The number of anilines is 1. The summed E-state index contributed by atoms with van der Waals surface area (Å²) in [6, 6.07) is 6.76. The van der Waals surface area contributed by atoms with Crippen molar-refractivity contribution < 1.29 is 14.0 Å². The maximum absolute atomic E-state index is 12.5. The third-order valence-corrected chi connectivity index (χ3v) is 6.29. The molecule has 1 aliphatic carbocycles. The normalized spacial score (nSPS) is 13.0. The average molecular weight is 455 g/mol. The molecular weight excluding hydrogens is 440 g/mol. The Morgan fingerprint density at radius 3 is 2.87 bits per heavy atom. The number of nitriles is 1. The van der Waals surface area contributed by atoms with Gasteiger partial charge < -0.3 is 9.73 Å². The number of rotatable bonds is 3. The van der Waals surface area contributed by atoms with Crippen LogP contribution in [0, 0.1) is 11.3 Å². The van der Waals surface area contributed by atoms with Gasteiger partial charge in [0.25, 0.3) is 0 Å². The predicted molar refractivity (Wildman–Crippen MR) is 118 cm³/mol. The molecule has 0 spiro atoms. The number of hydrogen-bond acceptors (Lipinski definition) is 7. The summed E-state index contributed by atoms with van der Waals surface area (Å²) in [6.07, 6.45) is 5.97. The van der Waals surface area contributed by atoms with E-state index in [-0.39, 0.29) is 16.4 Å². The fourth-order valence-corrected chi connectivity index (χ4v) is 4.76. The van der Waals surface area contributed by atoms with Crippen molar-refractivity contribution in [2.24, 2.45) is 5.10 Å². The summed E-state index contributed by atoms with van der Waals surface area (Å²) in [7, 11) is 0. The Morgan fingerprint density at radius 2 is 2.06 bits per heavy atom. The summed E-state index contributed by atoms with van der Waals surface area (Å²) < 4.78 is 5.36. The molecule has 2 heterocycles. The van der Waals surface area contributed by atoms with E-state index < -0.39 is 11.8 Å². The Hall–Kier alpha value is -3.48. The van der Waals surface area contributed by atoms with E-state index in [1.54, 1.807) is 12.1 Å². The highest BCUT2D eigenvalue weighted by molar-refractivity contribution is 7.16. The average Bonchev–Trinajstić information content (AvgIpc) is 3.12. The number of benzene rings is 1. The van der Waals surface area contributed by atoms with Gasteiger partial charge in [-0.3, -0.25) is 14.4 Å². The van der Waals surface area contributed by atoms with Crippen LogP contribution < -0.4 is 16.2 Å². The van der Waals surface area contributed by atoms with E-state index >= 15 is 0 Å². The lowest BCUT2D eigenvalue weighted by molar-refractivity contribution is -0.136. The van der Waals surface area contributed by atoms with Crippen LogP contribution in [-0.4, -0.2) is 18.0 Å². The van der Waals surface area contributed by atoms with Crippen LogP contribution in [0.3, 0.4) is 0 Å². The topological polar surface area (TPSA) is 125 Å². The fourth-order valence-electron chi connectivity index (χ4n) is 3.35. The molecule has 0 unspecified atom stereocenters. The lowest BCUT2D eigenvalue weighted by atomic mass is 9.96. The van der Waals surface area contributed by atoms with Gasteiger partial charge in [0.05, 0.1) is 22.7 Å². The summed E-state index contributed by atoms with van der Waals surface area (Å²) in [5, 5.41) is 16.6. The second kappa shape index (κ2) is 8.71. The minimum Gasteiger partial charge on any atom is -0.463 e. The van der Waals surface area contributed by atoms with Crippen molar-refractivity contribution in [3.05, 3.63) is 61.3 Å². The molecule has 0 fully saturated rings. The van der Waals surface area contributed by atoms with Crippen molar-refractivity contribution in [2.75, 3.05) is 5.32 Å². The van der Waals surface area contributed by atoms with Crippen molar-refractivity contribution >= 4 is 56.9 Å². The zero-order valence-electron chi connectivity index (χ0n) is 16.0. The zero-order chi connectivity index (χ0) is 22.0. The van der Waals surface area contributed by atoms with Crippen LogP contribution in [-0.2, 0) is 22.4 Å². The van der Waals surface area contributed by atoms with Crippen molar-refractivity contribution in [1.29, 1.82) is 5.26 Å². The van der Waals surface area contributed by atoms with Crippen molar-refractivity contribution in [1.82, 2.24) is 5.43 Å². The highest BCUT2D eigenvalue weighted by atomic mass is 35.5. The van der Waals surface area contributed by atoms with E-state index in [2.05, 4.69) is 21.9 Å². The molecule has 1 aliphatic rings. The number of aryl methyl sites for hydroxylation is 1. The highest BCUT2D eigenvalue weighted by Crippen LogP contribution is 2.37. The molecule has 156 valence electrons. The first-order chi connectivity index (χ1) is 15.0. The number of hydrogen-bond donors (Lipinski definition) is 2. The molecular formula is C21H15ClN4O4S. The van der Waals surface area contributed by atoms with Crippen LogP contribution in [0.25, 0.3) is 11.0 Å². The Balaban J connectivity index is 1.45. The second-order valence-corrected chi connectivity index (χ2v) is 8.38. The fraction of sp³-hybridized carbons (Fsp3) is 0.190. The Kier molecular flexibility index (Phi) is 5.84. The standard InChI is InChI=1S/C21H15ClN4O4S/c22-12-5-6-16-14(7-12)18(27)11(10-30-16)9-24-26-20(29)19(28)25-21-15(8-23)13-3-1-2-4-17(13)31-21/h5-7,9-10H,1-4H2,(H,25,28)(H,26,29)/b24-9+. The number of thiophene rings is 1. The predicted octanol–water partition coefficient (Wildman–Crippen LogP) is 3.35. The molecule has 0 aliphatic heterocycles. The molecule has 0 saturated heterocycles. The number of carbonyl (C=O) groups is 2. The summed E-state index contributed by atoms with van der Waals surface area (Å²) in [6.45, 7) is 0. The third-order valence-electron chi connectivity index (χ3n) is 4.85. The largest absolute Gasteiger partial charge is 0.463 e. The monoisotopic (exact) mass is 454 g/mol. The summed E-state index contributed by atoms with van der Waals surface area (Å²) in [5.74, 6) is -1.98. The lowest BCUT2D eigenvalue weighted by Crippen LogP contribution is -2.32.